The second-order valence-corrected chi connectivity index (χ2v) is 2.86. The Morgan fingerprint density at radius 1 is 0.867 bits per heavy atom. The van der Waals surface area contributed by atoms with E-state index in [1.165, 1.54) is 0 Å². The van der Waals surface area contributed by atoms with Gasteiger partial charge in [-0.15, -0.1) is 0 Å². The molecule has 0 N–H and O–H groups in total. The van der Waals surface area contributed by atoms with E-state index in [0.717, 1.165) is 17.0 Å². The number of rotatable bonds is 6. The zero-order valence-electron chi connectivity index (χ0n) is 9.24. The van der Waals surface area contributed by atoms with Crippen molar-refractivity contribution in [3.63, 3.8) is 0 Å². The summed E-state index contributed by atoms with van der Waals surface area (Å²) in [5.41, 5.74) is 2.57. The first-order chi connectivity index (χ1) is 7.17. The summed E-state index contributed by atoms with van der Waals surface area (Å²) in [7, 11) is 0. The van der Waals surface area contributed by atoms with Gasteiger partial charge >= 0.3 is 0 Å². The van der Waals surface area contributed by atoms with Gasteiger partial charge in [0.25, 0.3) is 0 Å². The van der Waals surface area contributed by atoms with Crippen molar-refractivity contribution in [3.8, 4) is 0 Å². The van der Waals surface area contributed by atoms with Crippen molar-refractivity contribution >= 4 is 5.71 Å². The summed E-state index contributed by atoms with van der Waals surface area (Å²) in [5.74, 6) is 0. The molecule has 78 valence electrons. The van der Waals surface area contributed by atoms with Gasteiger partial charge in [-0.05, 0) is 31.2 Å². The van der Waals surface area contributed by atoms with Gasteiger partial charge < -0.3 is 0 Å². The molecule has 0 aliphatic carbocycles. The Bertz CT molecular complexity index is 342. The molecule has 0 radical (unpaired) electrons. The van der Waals surface area contributed by atoms with E-state index in [4.69, 9.17) is 0 Å². The van der Waals surface area contributed by atoms with E-state index >= 15 is 0 Å². The Morgan fingerprint density at radius 3 is 1.87 bits per heavy atom. The lowest BCUT2D eigenvalue weighted by atomic mass is 10.2. The minimum absolute atomic E-state index is 0.728. The van der Waals surface area contributed by atoms with E-state index in [1.54, 1.807) is 24.3 Å². The molecule has 0 amide bonds. The largest absolute Gasteiger partial charge is 0.249 e. The summed E-state index contributed by atoms with van der Waals surface area (Å²) in [6.45, 7) is 16.6. The fourth-order valence-corrected chi connectivity index (χ4v) is 0.760. The molecule has 0 aromatic carbocycles. The normalized spacial score (nSPS) is 11.5. The monoisotopic (exact) mass is 199 g/mol. The summed E-state index contributed by atoms with van der Waals surface area (Å²) < 4.78 is 0. The fourth-order valence-electron chi connectivity index (χ4n) is 0.760. The van der Waals surface area contributed by atoms with E-state index in [2.05, 4.69) is 31.3 Å². The number of aliphatic imine (C=N–C) groups is 1. The quantitative estimate of drug-likeness (QED) is 0.453. The Labute approximate surface area is 92.2 Å². The van der Waals surface area contributed by atoms with Crippen molar-refractivity contribution in [2.45, 2.75) is 6.92 Å². The first-order valence-corrected chi connectivity index (χ1v) is 4.65. The van der Waals surface area contributed by atoms with Crippen LogP contribution in [0.15, 0.2) is 79.0 Å². The zero-order valence-corrected chi connectivity index (χ0v) is 9.24. The molecular weight excluding hydrogens is 182 g/mol. The average molecular weight is 199 g/mol. The van der Waals surface area contributed by atoms with Crippen LogP contribution in [0.3, 0.4) is 0 Å². The van der Waals surface area contributed by atoms with Gasteiger partial charge in [-0.25, -0.2) is 4.99 Å². The minimum atomic E-state index is 0.728. The van der Waals surface area contributed by atoms with Crippen molar-refractivity contribution in [1.82, 2.24) is 0 Å². The molecule has 1 nitrogen and oxygen atoms in total. The van der Waals surface area contributed by atoms with Crippen LogP contribution in [0.1, 0.15) is 6.92 Å². The summed E-state index contributed by atoms with van der Waals surface area (Å²) >= 11 is 0. The van der Waals surface area contributed by atoms with Gasteiger partial charge in [0.2, 0.25) is 0 Å². The Kier molecular flexibility index (Phi) is 6.56. The molecule has 0 fully saturated rings. The van der Waals surface area contributed by atoms with Crippen LogP contribution >= 0.6 is 0 Å². The number of hydrogen-bond acceptors (Lipinski definition) is 1. The van der Waals surface area contributed by atoms with Crippen molar-refractivity contribution in [2.75, 3.05) is 0 Å². The molecule has 0 aromatic heterocycles. The van der Waals surface area contributed by atoms with Crippen molar-refractivity contribution in [3.05, 3.63) is 74.0 Å². The summed E-state index contributed by atoms with van der Waals surface area (Å²) in [6.07, 6.45) is 10.6. The lowest BCUT2D eigenvalue weighted by Gasteiger charge is -1.95. The SMILES string of the molecule is C=CC(C=C)=N/C(C=C)=C/C=C(/C)C=C. The van der Waals surface area contributed by atoms with Gasteiger partial charge in [0.05, 0.1) is 11.4 Å². The molecule has 0 rings (SSSR count). The average Bonchev–Trinajstić information content (AvgIpc) is 2.29. The maximum atomic E-state index is 4.28. The molecule has 0 saturated heterocycles. The summed E-state index contributed by atoms with van der Waals surface area (Å²) in [6, 6.07) is 0. The predicted molar refractivity (Wildman–Crippen MR) is 70.1 cm³/mol. The van der Waals surface area contributed by atoms with E-state index in [1.807, 2.05) is 19.1 Å². The molecule has 1 heteroatoms. The molecule has 0 saturated carbocycles. The number of nitrogens with zero attached hydrogens (tertiary/aromatic N) is 1. The van der Waals surface area contributed by atoms with Crippen LogP contribution in [-0.2, 0) is 0 Å². The van der Waals surface area contributed by atoms with Gasteiger partial charge in [-0.1, -0.05) is 44.0 Å². The van der Waals surface area contributed by atoms with Gasteiger partial charge in [0.15, 0.2) is 0 Å². The van der Waals surface area contributed by atoms with E-state index < -0.39 is 0 Å². The highest BCUT2D eigenvalue weighted by Gasteiger charge is 1.88. The van der Waals surface area contributed by atoms with E-state index in [0.29, 0.717) is 0 Å². The second-order valence-electron chi connectivity index (χ2n) is 2.86. The Hall–Kier alpha value is -1.89. The maximum Gasteiger partial charge on any atom is 0.0631 e. The van der Waals surface area contributed by atoms with Crippen molar-refractivity contribution in [1.29, 1.82) is 0 Å². The molecule has 0 unspecified atom stereocenters. The lowest BCUT2D eigenvalue weighted by Crippen LogP contribution is -1.86. The molecule has 15 heavy (non-hydrogen) atoms. The van der Waals surface area contributed by atoms with Crippen LogP contribution in [0.4, 0.5) is 0 Å². The lowest BCUT2D eigenvalue weighted by molar-refractivity contribution is 1.41. The van der Waals surface area contributed by atoms with Gasteiger partial charge in [0.1, 0.15) is 0 Å². The molecule has 0 spiro atoms. The second kappa shape index (κ2) is 7.51. The Morgan fingerprint density at radius 2 is 1.47 bits per heavy atom. The standard InChI is InChI=1S/C14H17N/c1-6-12(5)10-11-14(9-4)15-13(7-2)8-3/h6-11H,1-4H2,5H3/b12-10-,14-11+. The number of hydrogen-bond donors (Lipinski definition) is 0. The predicted octanol–water partition coefficient (Wildman–Crippen LogP) is 4.00. The maximum absolute atomic E-state index is 4.28. The van der Waals surface area contributed by atoms with Gasteiger partial charge in [0, 0.05) is 0 Å². The van der Waals surface area contributed by atoms with Gasteiger partial charge in [-0.3, -0.25) is 0 Å². The van der Waals surface area contributed by atoms with Crippen molar-refractivity contribution in [2.24, 2.45) is 4.99 Å². The molecule has 0 aliphatic heterocycles. The first kappa shape index (κ1) is 13.1. The van der Waals surface area contributed by atoms with E-state index in [9.17, 15) is 0 Å². The minimum Gasteiger partial charge on any atom is -0.249 e. The number of allylic oxidation sites excluding steroid dienone is 7. The van der Waals surface area contributed by atoms with Crippen LogP contribution in [0.2, 0.25) is 0 Å². The molecule has 0 aromatic rings. The molecule has 0 bridgehead atoms. The van der Waals surface area contributed by atoms with Crippen LogP contribution in [0, 0.1) is 0 Å². The highest BCUT2D eigenvalue weighted by atomic mass is 14.7. The van der Waals surface area contributed by atoms with Gasteiger partial charge in [-0.2, -0.15) is 0 Å². The highest BCUT2D eigenvalue weighted by molar-refractivity contribution is 6.03. The zero-order chi connectivity index (χ0) is 11.7. The van der Waals surface area contributed by atoms with Crippen LogP contribution in [0.5, 0.6) is 0 Å². The third-order valence-corrected chi connectivity index (χ3v) is 1.72. The van der Waals surface area contributed by atoms with Crippen LogP contribution < -0.4 is 0 Å². The molecule has 0 heterocycles. The summed E-state index contributed by atoms with van der Waals surface area (Å²) in [5, 5.41) is 0. The fraction of sp³-hybridized carbons (Fsp3) is 0.0714. The third kappa shape index (κ3) is 5.42. The first-order valence-electron chi connectivity index (χ1n) is 4.65. The van der Waals surface area contributed by atoms with Crippen molar-refractivity contribution < 1.29 is 0 Å². The Balaban J connectivity index is 5.00. The molecule has 0 aliphatic rings. The molecular formula is C14H17N. The van der Waals surface area contributed by atoms with E-state index in [-0.39, 0.29) is 0 Å². The molecule has 0 atom stereocenters. The summed E-state index contributed by atoms with van der Waals surface area (Å²) in [4.78, 5) is 4.28. The third-order valence-electron chi connectivity index (χ3n) is 1.72. The smallest absolute Gasteiger partial charge is 0.0631 e. The topological polar surface area (TPSA) is 12.4 Å². The van der Waals surface area contributed by atoms with Crippen LogP contribution in [0.25, 0.3) is 0 Å². The van der Waals surface area contributed by atoms with Crippen LogP contribution in [-0.4, -0.2) is 5.71 Å². The highest BCUT2D eigenvalue weighted by Crippen LogP contribution is 2.03.